The summed E-state index contributed by atoms with van der Waals surface area (Å²) in [7, 11) is 0. The van der Waals surface area contributed by atoms with Crippen molar-refractivity contribution in [3.63, 3.8) is 0 Å². The summed E-state index contributed by atoms with van der Waals surface area (Å²) < 4.78 is 0. The van der Waals surface area contributed by atoms with Crippen molar-refractivity contribution in [3.8, 4) is 0 Å². The first-order valence-corrected chi connectivity index (χ1v) is 7.23. The molecule has 0 aromatic carbocycles. The Labute approximate surface area is 115 Å². The van der Waals surface area contributed by atoms with E-state index in [-0.39, 0.29) is 18.1 Å². The quantitative estimate of drug-likeness (QED) is 0.717. The van der Waals surface area contributed by atoms with Gasteiger partial charge in [0, 0.05) is 12.1 Å². The van der Waals surface area contributed by atoms with Crippen LogP contribution >= 0.6 is 0 Å². The molecule has 19 heavy (non-hydrogen) atoms. The molecule has 1 aliphatic carbocycles. The van der Waals surface area contributed by atoms with E-state index in [1.807, 2.05) is 0 Å². The second-order valence-corrected chi connectivity index (χ2v) is 5.67. The van der Waals surface area contributed by atoms with Crippen molar-refractivity contribution in [1.29, 1.82) is 0 Å². The van der Waals surface area contributed by atoms with E-state index in [0.29, 0.717) is 5.92 Å². The van der Waals surface area contributed by atoms with Gasteiger partial charge in [0.15, 0.2) is 0 Å². The molecule has 0 saturated heterocycles. The zero-order valence-electron chi connectivity index (χ0n) is 12.1. The molecule has 5 heteroatoms. The third-order valence-electron chi connectivity index (χ3n) is 4.19. The highest BCUT2D eigenvalue weighted by Crippen LogP contribution is 2.26. The molecule has 0 aromatic heterocycles. The summed E-state index contributed by atoms with van der Waals surface area (Å²) in [4.78, 5) is 22.7. The lowest BCUT2D eigenvalue weighted by atomic mass is 9.84. The van der Waals surface area contributed by atoms with Crippen LogP contribution in [0.15, 0.2) is 0 Å². The lowest BCUT2D eigenvalue weighted by Gasteiger charge is -2.29. The number of carboxylic acids is 1. The van der Waals surface area contributed by atoms with Gasteiger partial charge < -0.3 is 15.7 Å². The van der Waals surface area contributed by atoms with Crippen LogP contribution in [0.2, 0.25) is 0 Å². The lowest BCUT2D eigenvalue weighted by Crippen LogP contribution is -2.49. The number of carbonyl (C=O) groups excluding carboxylic acids is 1. The summed E-state index contributed by atoms with van der Waals surface area (Å²) in [6, 6.07) is -0.392. The van der Waals surface area contributed by atoms with Crippen molar-refractivity contribution in [2.45, 2.75) is 65.0 Å². The normalized spacial score (nSPS) is 26.3. The van der Waals surface area contributed by atoms with Crippen LogP contribution in [-0.4, -0.2) is 29.2 Å². The Morgan fingerprint density at radius 3 is 2.58 bits per heavy atom. The van der Waals surface area contributed by atoms with Crippen molar-refractivity contribution < 1.29 is 14.7 Å². The maximum atomic E-state index is 11.8. The van der Waals surface area contributed by atoms with E-state index in [1.54, 1.807) is 13.8 Å². The fraction of sp³-hybridized carbons (Fsp3) is 0.857. The van der Waals surface area contributed by atoms with Crippen molar-refractivity contribution in [1.82, 2.24) is 10.6 Å². The van der Waals surface area contributed by atoms with Gasteiger partial charge in [0.05, 0.1) is 5.92 Å². The van der Waals surface area contributed by atoms with E-state index in [2.05, 4.69) is 17.6 Å². The molecule has 1 fully saturated rings. The molecule has 0 aliphatic heterocycles. The smallest absolute Gasteiger partial charge is 0.315 e. The van der Waals surface area contributed by atoms with Crippen LogP contribution in [0.5, 0.6) is 0 Å². The maximum absolute atomic E-state index is 11.8. The van der Waals surface area contributed by atoms with Gasteiger partial charge in [-0.15, -0.1) is 0 Å². The van der Waals surface area contributed by atoms with Gasteiger partial charge in [0.25, 0.3) is 0 Å². The first-order chi connectivity index (χ1) is 8.93. The first kappa shape index (κ1) is 15.8. The second kappa shape index (κ2) is 7.36. The maximum Gasteiger partial charge on any atom is 0.315 e. The summed E-state index contributed by atoms with van der Waals surface area (Å²) in [5.74, 6) is -0.772. The first-order valence-electron chi connectivity index (χ1n) is 7.23. The second-order valence-electron chi connectivity index (χ2n) is 5.67. The zero-order valence-corrected chi connectivity index (χ0v) is 12.1. The highest BCUT2D eigenvalue weighted by molar-refractivity contribution is 5.76. The number of carboxylic acid groups (broad SMARTS) is 1. The Morgan fingerprint density at radius 1 is 1.32 bits per heavy atom. The summed E-state index contributed by atoms with van der Waals surface area (Å²) in [5.41, 5.74) is 0. The van der Waals surface area contributed by atoms with E-state index in [0.717, 1.165) is 25.7 Å². The van der Waals surface area contributed by atoms with Gasteiger partial charge in [-0.1, -0.05) is 26.2 Å². The molecule has 1 saturated carbocycles. The van der Waals surface area contributed by atoms with Crippen LogP contribution in [-0.2, 0) is 4.79 Å². The van der Waals surface area contributed by atoms with Gasteiger partial charge in [-0.25, -0.2) is 4.79 Å². The van der Waals surface area contributed by atoms with Gasteiger partial charge >= 0.3 is 12.0 Å². The third-order valence-corrected chi connectivity index (χ3v) is 4.19. The number of amides is 2. The lowest BCUT2D eigenvalue weighted by molar-refractivity contribution is -0.141. The van der Waals surface area contributed by atoms with Crippen LogP contribution in [0.4, 0.5) is 4.79 Å². The average Bonchev–Trinajstić information content (AvgIpc) is 2.37. The van der Waals surface area contributed by atoms with E-state index in [4.69, 9.17) is 5.11 Å². The fourth-order valence-corrected chi connectivity index (χ4v) is 2.57. The largest absolute Gasteiger partial charge is 0.481 e. The molecule has 4 unspecified atom stereocenters. The van der Waals surface area contributed by atoms with Crippen molar-refractivity contribution in [3.05, 3.63) is 0 Å². The zero-order chi connectivity index (χ0) is 14.4. The minimum absolute atomic E-state index is 0.228. The highest BCUT2D eigenvalue weighted by atomic mass is 16.4. The Balaban J connectivity index is 2.36. The molecule has 0 radical (unpaired) electrons. The van der Waals surface area contributed by atoms with Crippen LogP contribution < -0.4 is 10.6 Å². The van der Waals surface area contributed by atoms with Gasteiger partial charge in [-0.2, -0.15) is 0 Å². The highest BCUT2D eigenvalue weighted by Gasteiger charge is 2.24. The Bertz CT molecular complexity index is 320. The number of hydrogen-bond acceptors (Lipinski definition) is 2. The molecular weight excluding hydrogens is 244 g/mol. The molecule has 0 aromatic rings. The molecule has 110 valence electrons. The predicted octanol–water partition coefficient (Wildman–Crippen LogP) is 2.36. The van der Waals surface area contributed by atoms with E-state index < -0.39 is 11.9 Å². The summed E-state index contributed by atoms with van der Waals surface area (Å²) in [6.07, 6.45) is 5.62. The van der Waals surface area contributed by atoms with Gasteiger partial charge in [0.1, 0.15) is 0 Å². The number of nitrogens with one attached hydrogen (secondary N) is 2. The van der Waals surface area contributed by atoms with E-state index >= 15 is 0 Å². The summed E-state index contributed by atoms with van der Waals surface area (Å²) in [6.45, 7) is 5.50. The topological polar surface area (TPSA) is 78.4 Å². The van der Waals surface area contributed by atoms with Crippen molar-refractivity contribution in [2.24, 2.45) is 11.8 Å². The van der Waals surface area contributed by atoms with Crippen LogP contribution in [0.3, 0.4) is 0 Å². The number of aliphatic carboxylic acids is 1. The number of rotatable bonds is 5. The third kappa shape index (κ3) is 5.09. The number of hydrogen-bond donors (Lipinski definition) is 3. The molecule has 0 heterocycles. The van der Waals surface area contributed by atoms with Crippen LogP contribution in [0.25, 0.3) is 0 Å². The van der Waals surface area contributed by atoms with Crippen LogP contribution in [0, 0.1) is 11.8 Å². The molecule has 1 rings (SSSR count). The van der Waals surface area contributed by atoms with Crippen molar-refractivity contribution in [2.75, 3.05) is 0 Å². The monoisotopic (exact) mass is 270 g/mol. The molecule has 3 N–H and O–H groups in total. The Morgan fingerprint density at radius 2 is 2.00 bits per heavy atom. The van der Waals surface area contributed by atoms with Crippen molar-refractivity contribution >= 4 is 12.0 Å². The van der Waals surface area contributed by atoms with Gasteiger partial charge in [-0.05, 0) is 32.6 Å². The standard InChI is InChI=1S/C14H26N2O3/c1-4-11-6-5-7-12(8-11)16-14(19)15-10(3)9(2)13(17)18/h9-12H,4-8H2,1-3H3,(H,17,18)(H2,15,16,19). The van der Waals surface area contributed by atoms with E-state index in [1.165, 1.54) is 6.42 Å². The molecule has 5 nitrogen and oxygen atoms in total. The van der Waals surface area contributed by atoms with Crippen LogP contribution in [0.1, 0.15) is 52.9 Å². The van der Waals surface area contributed by atoms with E-state index in [9.17, 15) is 9.59 Å². The summed E-state index contributed by atoms with van der Waals surface area (Å²) in [5, 5.41) is 14.6. The number of carbonyl (C=O) groups is 2. The fourth-order valence-electron chi connectivity index (χ4n) is 2.57. The Kier molecular flexibility index (Phi) is 6.12. The molecule has 0 spiro atoms. The molecule has 1 aliphatic rings. The van der Waals surface area contributed by atoms with Gasteiger partial charge in [-0.3, -0.25) is 4.79 Å². The molecule has 4 atom stereocenters. The molecule has 0 bridgehead atoms. The minimum Gasteiger partial charge on any atom is -0.481 e. The summed E-state index contributed by atoms with van der Waals surface area (Å²) >= 11 is 0. The number of urea groups is 1. The van der Waals surface area contributed by atoms with Gasteiger partial charge in [0.2, 0.25) is 0 Å². The Hall–Kier alpha value is -1.26. The average molecular weight is 270 g/mol. The minimum atomic E-state index is -0.892. The molecule has 2 amide bonds. The SMILES string of the molecule is CCC1CCCC(NC(=O)NC(C)C(C)C(=O)O)C1. The molecular formula is C14H26N2O3. The predicted molar refractivity (Wildman–Crippen MR) is 74.0 cm³/mol.